The van der Waals surface area contributed by atoms with Gasteiger partial charge < -0.3 is 14.9 Å². The molecule has 1 heterocycles. The first-order valence-electron chi connectivity index (χ1n) is 9.60. The van der Waals surface area contributed by atoms with E-state index < -0.39 is 52.5 Å². The number of nitro groups is 1. The zero-order chi connectivity index (χ0) is 27.5. The molecule has 37 heavy (non-hydrogen) atoms. The second-order valence-corrected chi connectivity index (χ2v) is 7.81. The number of amides is 1. The average Bonchev–Trinajstić information content (AvgIpc) is 3.24. The van der Waals surface area contributed by atoms with E-state index in [0.29, 0.717) is 12.3 Å². The van der Waals surface area contributed by atoms with Gasteiger partial charge in [0.15, 0.2) is 17.3 Å². The molecule has 1 N–H and O–H groups in total. The predicted molar refractivity (Wildman–Crippen MR) is 118 cm³/mol. The number of ether oxygens (including phenoxy) is 1. The fraction of sp³-hybridized carbons (Fsp3) is 0.0952. The van der Waals surface area contributed by atoms with E-state index in [4.69, 9.17) is 33.2 Å². The highest BCUT2D eigenvalue weighted by Gasteiger charge is 2.42. The van der Waals surface area contributed by atoms with Crippen LogP contribution in [0.4, 0.5) is 23.2 Å². The van der Waals surface area contributed by atoms with E-state index in [-0.39, 0.29) is 31.7 Å². The lowest BCUT2D eigenvalue weighted by molar-refractivity contribution is -0.385. The molecule has 192 valence electrons. The van der Waals surface area contributed by atoms with Crippen molar-refractivity contribution >= 4 is 40.8 Å². The Balaban J connectivity index is 1.84. The molecule has 0 aliphatic rings. The van der Waals surface area contributed by atoms with E-state index in [0.717, 1.165) is 6.07 Å². The molecular formula is C21H10Cl2F4N4O6. The topological polar surface area (TPSA) is 136 Å². The molecule has 0 saturated carbocycles. The minimum Gasteiger partial charge on any atom is -0.453 e. The zero-order valence-electron chi connectivity index (χ0n) is 17.8. The molecule has 0 aliphatic carbocycles. The molecule has 0 radical (unpaired) electrons. The van der Waals surface area contributed by atoms with Crippen LogP contribution in [0.5, 0.6) is 11.5 Å². The molecule has 1 amide bonds. The third-order valence-corrected chi connectivity index (χ3v) is 4.93. The maximum absolute atomic E-state index is 15.1. The smallest absolute Gasteiger partial charge is 0.453 e. The molecule has 0 saturated heterocycles. The number of rotatable bonds is 7. The number of nitrogens with one attached hydrogen (secondary N) is 1. The molecule has 0 fully saturated rings. The minimum absolute atomic E-state index is 0.0253. The Morgan fingerprint density at radius 2 is 1.89 bits per heavy atom. The Labute approximate surface area is 213 Å². The van der Waals surface area contributed by atoms with Gasteiger partial charge in [0.1, 0.15) is 11.9 Å². The average molecular weight is 561 g/mol. The van der Waals surface area contributed by atoms with Crippen LogP contribution in [-0.4, -0.2) is 27.7 Å². The van der Waals surface area contributed by atoms with Crippen LogP contribution in [0, 0.1) is 27.3 Å². The normalized spacial score (nSPS) is 10.9. The van der Waals surface area contributed by atoms with Crippen LogP contribution < -0.4 is 14.9 Å². The van der Waals surface area contributed by atoms with Gasteiger partial charge in [-0.2, -0.15) is 23.2 Å². The van der Waals surface area contributed by atoms with Crippen LogP contribution >= 0.6 is 23.2 Å². The van der Waals surface area contributed by atoms with Gasteiger partial charge in [0.05, 0.1) is 27.6 Å². The fourth-order valence-electron chi connectivity index (χ4n) is 2.79. The zero-order valence-corrected chi connectivity index (χ0v) is 19.3. The van der Waals surface area contributed by atoms with Crippen molar-refractivity contribution in [2.75, 3.05) is 0 Å². The second-order valence-electron chi connectivity index (χ2n) is 6.96. The fourth-order valence-corrected chi connectivity index (χ4v) is 3.20. The molecule has 10 nitrogen and oxygen atoms in total. The number of benzene rings is 2. The number of nitriles is 1. The highest BCUT2D eigenvalue weighted by molar-refractivity contribution is 6.32. The van der Waals surface area contributed by atoms with E-state index in [1.807, 2.05) is 6.07 Å². The van der Waals surface area contributed by atoms with Crippen LogP contribution in [0.25, 0.3) is 0 Å². The highest BCUT2D eigenvalue weighted by atomic mass is 35.5. The highest BCUT2D eigenvalue weighted by Crippen LogP contribution is 2.35. The second kappa shape index (κ2) is 10.7. The van der Waals surface area contributed by atoms with Crippen LogP contribution in [0.1, 0.15) is 21.6 Å². The first kappa shape index (κ1) is 27.2. The van der Waals surface area contributed by atoms with Gasteiger partial charge in [0.25, 0.3) is 11.6 Å². The summed E-state index contributed by atoms with van der Waals surface area (Å²) in [5, 5.41) is 22.1. The Hall–Kier alpha value is -4.35. The number of carbonyl (C=O) groups excluding carboxylic acids is 2. The number of carbonyl (C=O) groups is 2. The third-order valence-electron chi connectivity index (χ3n) is 4.42. The maximum atomic E-state index is 15.1. The maximum Gasteiger partial charge on any atom is 0.493 e. The van der Waals surface area contributed by atoms with Crippen molar-refractivity contribution in [1.29, 1.82) is 5.26 Å². The summed E-state index contributed by atoms with van der Waals surface area (Å²) in [7, 11) is 0. The van der Waals surface area contributed by atoms with Gasteiger partial charge >= 0.3 is 12.1 Å². The molecule has 0 aliphatic heterocycles. The first-order valence-corrected chi connectivity index (χ1v) is 10.4. The molecule has 2 aromatic carbocycles. The van der Waals surface area contributed by atoms with Crippen molar-refractivity contribution in [2.24, 2.45) is 0 Å². The summed E-state index contributed by atoms with van der Waals surface area (Å²) in [5.74, 6) is -5.54. The van der Waals surface area contributed by atoms with Gasteiger partial charge in [0.2, 0.25) is 0 Å². The SMILES string of the molecule is N#Cc1cc(Cl)cc(Oc2c(Cl)ccc(CNC(=O)c3cc([N+](=O)[O-])cn3OC(=O)C(F)(F)F)c2F)c1. The Kier molecular flexibility index (Phi) is 7.90. The van der Waals surface area contributed by atoms with Crippen molar-refractivity contribution in [2.45, 2.75) is 12.7 Å². The summed E-state index contributed by atoms with van der Waals surface area (Å²) in [6.07, 6.45) is -5.07. The number of nitrogens with zero attached hydrogens (tertiary/aromatic N) is 3. The van der Waals surface area contributed by atoms with E-state index >= 15 is 4.39 Å². The lowest BCUT2D eigenvalue weighted by Crippen LogP contribution is -2.35. The summed E-state index contributed by atoms with van der Waals surface area (Å²) in [4.78, 5) is 37.6. The Morgan fingerprint density at radius 3 is 2.51 bits per heavy atom. The van der Waals surface area contributed by atoms with E-state index in [1.165, 1.54) is 24.3 Å². The number of aromatic nitrogens is 1. The molecule has 0 atom stereocenters. The Morgan fingerprint density at radius 1 is 1.19 bits per heavy atom. The molecule has 0 unspecified atom stereocenters. The van der Waals surface area contributed by atoms with E-state index in [2.05, 4.69) is 10.2 Å². The number of hydrogen-bond acceptors (Lipinski definition) is 7. The summed E-state index contributed by atoms with van der Waals surface area (Å²) >= 11 is 11.9. The van der Waals surface area contributed by atoms with E-state index in [9.17, 15) is 32.9 Å². The van der Waals surface area contributed by atoms with Crippen molar-refractivity contribution in [3.63, 3.8) is 0 Å². The summed E-state index contributed by atoms with van der Waals surface area (Å²) in [6.45, 7) is -0.594. The van der Waals surface area contributed by atoms with Gasteiger partial charge in [-0.1, -0.05) is 29.3 Å². The largest absolute Gasteiger partial charge is 0.493 e. The van der Waals surface area contributed by atoms with Crippen molar-refractivity contribution in [3.05, 3.63) is 85.4 Å². The van der Waals surface area contributed by atoms with Gasteiger partial charge in [-0.3, -0.25) is 14.9 Å². The number of halogens is 6. The first-order chi connectivity index (χ1) is 17.3. The lowest BCUT2D eigenvalue weighted by Gasteiger charge is -2.13. The molecular weight excluding hydrogens is 551 g/mol. The minimum atomic E-state index is -5.45. The van der Waals surface area contributed by atoms with Crippen molar-refractivity contribution in [3.8, 4) is 17.6 Å². The third kappa shape index (κ3) is 6.46. The molecule has 0 bridgehead atoms. The van der Waals surface area contributed by atoms with Gasteiger partial charge in [-0.15, -0.1) is 0 Å². The standard InChI is InChI=1S/C21H10Cl2F4N4O6/c22-12-3-10(7-28)4-14(5-12)36-18-15(23)2-1-11(17(18)24)8-29-19(32)16-6-13(31(34)35)9-30(16)37-20(33)21(25,26)27/h1-6,9H,8H2,(H,29,32). The molecule has 3 aromatic rings. The van der Waals surface area contributed by atoms with E-state index in [1.54, 1.807) is 0 Å². The summed E-state index contributed by atoms with van der Waals surface area (Å²) in [6, 6.07) is 8.66. The van der Waals surface area contributed by atoms with Crippen LogP contribution in [0.15, 0.2) is 42.6 Å². The van der Waals surface area contributed by atoms with Gasteiger partial charge in [0, 0.05) is 17.1 Å². The van der Waals surface area contributed by atoms with Crippen molar-refractivity contribution in [1.82, 2.24) is 10.0 Å². The molecule has 1 aromatic heterocycles. The summed E-state index contributed by atoms with van der Waals surface area (Å²) in [5.41, 5.74) is -1.80. The van der Waals surface area contributed by atoms with Crippen LogP contribution in [-0.2, 0) is 11.3 Å². The number of hydrogen-bond donors (Lipinski definition) is 1. The summed E-state index contributed by atoms with van der Waals surface area (Å²) < 4.78 is 58.1. The number of alkyl halides is 3. The quantitative estimate of drug-likeness (QED) is 0.245. The molecule has 0 spiro atoms. The monoisotopic (exact) mass is 560 g/mol. The van der Waals surface area contributed by atoms with Gasteiger partial charge in [-0.25, -0.2) is 9.18 Å². The Bertz CT molecular complexity index is 1450. The van der Waals surface area contributed by atoms with Gasteiger partial charge in [-0.05, 0) is 24.3 Å². The molecule has 16 heteroatoms. The lowest BCUT2D eigenvalue weighted by atomic mass is 10.2. The molecule has 3 rings (SSSR count). The van der Waals surface area contributed by atoms with Crippen LogP contribution in [0.2, 0.25) is 10.0 Å². The van der Waals surface area contributed by atoms with Crippen molar-refractivity contribution < 1.29 is 41.6 Å². The van der Waals surface area contributed by atoms with Crippen LogP contribution in [0.3, 0.4) is 0 Å². The predicted octanol–water partition coefficient (Wildman–Crippen LogP) is 4.95.